The number of hydrogen-bond donors (Lipinski definition) is 1. The molecule has 11 heavy (non-hydrogen) atoms. The smallest absolute Gasteiger partial charge is 0.180 e. The molecular weight excluding hydrogens is 140 g/mol. The maximum Gasteiger partial charge on any atom is 0.180 e. The SMILES string of the molecule is Cc1cn2ccnc(N)c2n1. The topological polar surface area (TPSA) is 56.2 Å². The molecule has 0 aromatic carbocycles. The molecule has 0 unspecified atom stereocenters. The van der Waals surface area contributed by atoms with Crippen LogP contribution < -0.4 is 5.73 Å². The average Bonchev–Trinajstić information content (AvgIpc) is 2.31. The molecule has 0 bridgehead atoms. The van der Waals surface area contributed by atoms with Crippen LogP contribution in [0.4, 0.5) is 5.82 Å². The number of hydrogen-bond acceptors (Lipinski definition) is 3. The van der Waals surface area contributed by atoms with Gasteiger partial charge >= 0.3 is 0 Å². The minimum atomic E-state index is 0.473. The van der Waals surface area contributed by atoms with Crippen LogP contribution in [0, 0.1) is 6.92 Å². The molecule has 0 atom stereocenters. The molecule has 4 nitrogen and oxygen atoms in total. The minimum Gasteiger partial charge on any atom is -0.381 e. The van der Waals surface area contributed by atoms with Gasteiger partial charge in [-0.1, -0.05) is 0 Å². The van der Waals surface area contributed by atoms with Crippen molar-refractivity contribution in [3.8, 4) is 0 Å². The Labute approximate surface area is 63.7 Å². The van der Waals surface area contributed by atoms with Crippen molar-refractivity contribution in [2.24, 2.45) is 0 Å². The summed E-state index contributed by atoms with van der Waals surface area (Å²) < 4.78 is 1.86. The van der Waals surface area contributed by atoms with Crippen molar-refractivity contribution in [3.63, 3.8) is 0 Å². The third kappa shape index (κ3) is 0.832. The molecule has 0 aliphatic rings. The Bertz CT molecular complexity index is 390. The highest BCUT2D eigenvalue weighted by Crippen LogP contribution is 2.08. The van der Waals surface area contributed by atoms with Crippen LogP contribution in [0.3, 0.4) is 0 Å². The Morgan fingerprint density at radius 2 is 2.36 bits per heavy atom. The van der Waals surface area contributed by atoms with Crippen molar-refractivity contribution in [3.05, 3.63) is 24.3 Å². The largest absolute Gasteiger partial charge is 0.381 e. The molecule has 2 rings (SSSR count). The van der Waals surface area contributed by atoms with E-state index in [2.05, 4.69) is 9.97 Å². The molecule has 2 heterocycles. The fourth-order valence-corrected chi connectivity index (χ4v) is 1.06. The molecule has 2 N–H and O–H groups in total. The predicted molar refractivity (Wildman–Crippen MR) is 42.1 cm³/mol. The van der Waals surface area contributed by atoms with Gasteiger partial charge in [0.1, 0.15) is 0 Å². The zero-order chi connectivity index (χ0) is 7.84. The summed E-state index contributed by atoms with van der Waals surface area (Å²) in [4.78, 5) is 8.10. The third-order valence-corrected chi connectivity index (χ3v) is 1.52. The molecule has 2 aromatic rings. The van der Waals surface area contributed by atoms with Gasteiger partial charge in [0.25, 0.3) is 0 Å². The Kier molecular flexibility index (Phi) is 1.09. The van der Waals surface area contributed by atoms with Crippen molar-refractivity contribution in [2.45, 2.75) is 6.92 Å². The van der Waals surface area contributed by atoms with Crippen LogP contribution in [-0.4, -0.2) is 14.4 Å². The van der Waals surface area contributed by atoms with E-state index in [1.54, 1.807) is 6.20 Å². The number of aromatic nitrogens is 3. The summed E-state index contributed by atoms with van der Waals surface area (Å²) in [6.07, 6.45) is 5.39. The number of rotatable bonds is 0. The van der Waals surface area contributed by atoms with Gasteiger partial charge in [-0.25, -0.2) is 9.97 Å². The van der Waals surface area contributed by atoms with Crippen molar-refractivity contribution >= 4 is 11.5 Å². The Morgan fingerprint density at radius 3 is 3.09 bits per heavy atom. The van der Waals surface area contributed by atoms with Crippen molar-refractivity contribution < 1.29 is 0 Å². The van der Waals surface area contributed by atoms with Crippen LogP contribution in [0.2, 0.25) is 0 Å². The zero-order valence-electron chi connectivity index (χ0n) is 6.15. The number of nitrogen functional groups attached to an aromatic ring is 1. The molecule has 0 saturated carbocycles. The Hall–Kier alpha value is -1.58. The van der Waals surface area contributed by atoms with Crippen LogP contribution in [0.25, 0.3) is 5.65 Å². The quantitative estimate of drug-likeness (QED) is 0.595. The maximum atomic E-state index is 5.58. The summed E-state index contributed by atoms with van der Waals surface area (Å²) in [7, 11) is 0. The molecule has 0 aliphatic heterocycles. The molecule has 56 valence electrons. The van der Waals surface area contributed by atoms with E-state index in [1.807, 2.05) is 23.7 Å². The van der Waals surface area contributed by atoms with Crippen molar-refractivity contribution in [2.75, 3.05) is 5.73 Å². The molecule has 0 radical (unpaired) electrons. The zero-order valence-corrected chi connectivity index (χ0v) is 6.15. The number of nitrogens with two attached hydrogens (primary N) is 1. The number of imidazole rings is 1. The van der Waals surface area contributed by atoms with Gasteiger partial charge in [-0.05, 0) is 6.92 Å². The van der Waals surface area contributed by atoms with E-state index in [-0.39, 0.29) is 0 Å². The van der Waals surface area contributed by atoms with E-state index in [0.29, 0.717) is 5.82 Å². The normalized spacial score (nSPS) is 10.6. The molecule has 4 heteroatoms. The lowest BCUT2D eigenvalue weighted by Gasteiger charge is -1.93. The fourth-order valence-electron chi connectivity index (χ4n) is 1.06. The van der Waals surface area contributed by atoms with Gasteiger partial charge in [0.15, 0.2) is 11.5 Å². The summed E-state index contributed by atoms with van der Waals surface area (Å²) in [6, 6.07) is 0. The maximum absolute atomic E-state index is 5.58. The number of aryl methyl sites for hydroxylation is 1. The molecule has 0 aliphatic carbocycles. The van der Waals surface area contributed by atoms with Gasteiger partial charge in [0.05, 0.1) is 5.69 Å². The molecule has 0 saturated heterocycles. The van der Waals surface area contributed by atoms with Crippen LogP contribution >= 0.6 is 0 Å². The highest BCUT2D eigenvalue weighted by Gasteiger charge is 1.99. The summed E-state index contributed by atoms with van der Waals surface area (Å²) >= 11 is 0. The molecule has 0 amide bonds. The van der Waals surface area contributed by atoms with Gasteiger partial charge in [0, 0.05) is 18.6 Å². The molecule has 2 aromatic heterocycles. The highest BCUT2D eigenvalue weighted by molar-refractivity contribution is 5.59. The second-order valence-corrected chi connectivity index (χ2v) is 2.43. The second kappa shape index (κ2) is 1.95. The first-order chi connectivity index (χ1) is 5.27. The lowest BCUT2D eigenvalue weighted by molar-refractivity contribution is 1.13. The van der Waals surface area contributed by atoms with Crippen LogP contribution in [0.15, 0.2) is 18.6 Å². The monoisotopic (exact) mass is 148 g/mol. The first-order valence-electron chi connectivity index (χ1n) is 3.33. The summed E-state index contributed by atoms with van der Waals surface area (Å²) in [5.74, 6) is 0.473. The van der Waals surface area contributed by atoms with Crippen molar-refractivity contribution in [1.82, 2.24) is 14.4 Å². The van der Waals surface area contributed by atoms with E-state index in [1.165, 1.54) is 0 Å². The van der Waals surface area contributed by atoms with Gasteiger partial charge in [-0.2, -0.15) is 0 Å². The molecular formula is C7H8N4. The van der Waals surface area contributed by atoms with E-state index >= 15 is 0 Å². The van der Waals surface area contributed by atoms with Gasteiger partial charge < -0.3 is 10.1 Å². The number of nitrogens with zero attached hydrogens (tertiary/aromatic N) is 3. The summed E-state index contributed by atoms with van der Waals surface area (Å²) in [5.41, 5.74) is 7.25. The van der Waals surface area contributed by atoms with Crippen molar-refractivity contribution in [1.29, 1.82) is 0 Å². The Balaban J connectivity index is 2.90. The third-order valence-electron chi connectivity index (χ3n) is 1.52. The molecule has 0 spiro atoms. The van der Waals surface area contributed by atoms with E-state index in [4.69, 9.17) is 5.73 Å². The lowest BCUT2D eigenvalue weighted by Crippen LogP contribution is -1.94. The highest BCUT2D eigenvalue weighted by atomic mass is 15.0. The first-order valence-corrected chi connectivity index (χ1v) is 3.33. The average molecular weight is 148 g/mol. The minimum absolute atomic E-state index is 0.473. The van der Waals surface area contributed by atoms with E-state index in [9.17, 15) is 0 Å². The van der Waals surface area contributed by atoms with E-state index < -0.39 is 0 Å². The second-order valence-electron chi connectivity index (χ2n) is 2.43. The van der Waals surface area contributed by atoms with Crippen LogP contribution in [-0.2, 0) is 0 Å². The van der Waals surface area contributed by atoms with Gasteiger partial charge in [-0.15, -0.1) is 0 Å². The summed E-state index contributed by atoms with van der Waals surface area (Å²) in [5, 5.41) is 0. The number of anilines is 1. The lowest BCUT2D eigenvalue weighted by atomic mass is 10.6. The molecule has 0 fully saturated rings. The standard InChI is InChI=1S/C7H8N4/c1-5-4-11-3-2-9-6(8)7(11)10-5/h2-4H,1H3,(H2,8,9). The number of fused-ring (bicyclic) bond motifs is 1. The van der Waals surface area contributed by atoms with Crippen LogP contribution in [0.1, 0.15) is 5.69 Å². The van der Waals surface area contributed by atoms with Crippen LogP contribution in [0.5, 0.6) is 0 Å². The Morgan fingerprint density at radius 1 is 1.55 bits per heavy atom. The van der Waals surface area contributed by atoms with E-state index in [0.717, 1.165) is 11.3 Å². The van der Waals surface area contributed by atoms with Gasteiger partial charge in [0.2, 0.25) is 0 Å². The summed E-state index contributed by atoms with van der Waals surface area (Å²) in [6.45, 7) is 1.92. The predicted octanol–water partition coefficient (Wildman–Crippen LogP) is 0.620. The fraction of sp³-hybridized carbons (Fsp3) is 0.143. The first kappa shape index (κ1) is 6.15. The van der Waals surface area contributed by atoms with Gasteiger partial charge in [-0.3, -0.25) is 0 Å².